The summed E-state index contributed by atoms with van der Waals surface area (Å²) < 4.78 is 0. The molecule has 0 unspecified atom stereocenters. The van der Waals surface area contributed by atoms with Gasteiger partial charge >= 0.3 is 0 Å². The Morgan fingerprint density at radius 1 is 1.11 bits per heavy atom. The third-order valence-corrected chi connectivity index (χ3v) is 4.06. The van der Waals surface area contributed by atoms with Gasteiger partial charge < -0.3 is 4.90 Å². The third-order valence-electron chi connectivity index (χ3n) is 3.15. The summed E-state index contributed by atoms with van der Waals surface area (Å²) in [7, 11) is 0. The van der Waals surface area contributed by atoms with Crippen LogP contribution in [0.4, 0.5) is 11.4 Å². The molecule has 2 aromatic carbocycles. The molecule has 2 aromatic rings. The van der Waals surface area contributed by atoms with Crippen LogP contribution in [0.15, 0.2) is 42.5 Å². The number of para-hydroxylation sites is 1. The third kappa shape index (κ3) is 3.13. The van der Waals surface area contributed by atoms with Gasteiger partial charge in [-0.15, -0.1) is 0 Å². The first kappa shape index (κ1) is 14.4. The van der Waals surface area contributed by atoms with Gasteiger partial charge in [-0.2, -0.15) is 0 Å². The molecule has 0 atom stereocenters. The van der Waals surface area contributed by atoms with Gasteiger partial charge in [0.2, 0.25) is 0 Å². The Bertz CT molecular complexity index is 551. The molecule has 0 aromatic heterocycles. The Hall–Kier alpha value is -0.990. The zero-order valence-electron chi connectivity index (χ0n) is 11.2. The number of hydrogen-bond acceptors (Lipinski definition) is 1. The second-order valence-electron chi connectivity index (χ2n) is 4.46. The van der Waals surface area contributed by atoms with E-state index in [1.54, 1.807) is 0 Å². The fraction of sp³-hybridized carbons (Fsp3) is 0.250. The maximum atomic E-state index is 6.40. The summed E-state index contributed by atoms with van der Waals surface area (Å²) >= 11 is 9.94. The van der Waals surface area contributed by atoms with Crippen LogP contribution in [0.5, 0.6) is 0 Å². The van der Waals surface area contributed by atoms with Crippen LogP contribution in [0, 0.1) is 6.92 Å². The molecule has 0 spiro atoms. The first-order valence-electron chi connectivity index (χ1n) is 6.35. The number of anilines is 2. The molecule has 0 saturated heterocycles. The second kappa shape index (κ2) is 6.44. The van der Waals surface area contributed by atoms with Crippen molar-refractivity contribution in [2.75, 3.05) is 11.4 Å². The molecule has 0 amide bonds. The van der Waals surface area contributed by atoms with E-state index in [-0.39, 0.29) is 0 Å². The van der Waals surface area contributed by atoms with Crippen LogP contribution in [-0.4, -0.2) is 6.54 Å². The molecule has 0 bridgehead atoms. The second-order valence-corrected chi connectivity index (χ2v) is 5.43. The molecular weight excluding hydrogens is 322 g/mol. The van der Waals surface area contributed by atoms with E-state index in [9.17, 15) is 0 Å². The highest BCUT2D eigenvalue weighted by molar-refractivity contribution is 9.08. The molecule has 100 valence electrons. The molecule has 1 nitrogen and oxygen atoms in total. The van der Waals surface area contributed by atoms with Crippen LogP contribution in [0.2, 0.25) is 5.02 Å². The Balaban J connectivity index is 2.50. The fourth-order valence-corrected chi connectivity index (χ4v) is 2.91. The van der Waals surface area contributed by atoms with E-state index >= 15 is 0 Å². The number of alkyl halides is 1. The van der Waals surface area contributed by atoms with Crippen LogP contribution >= 0.6 is 27.5 Å². The highest BCUT2D eigenvalue weighted by Gasteiger charge is 2.14. The number of halogens is 2. The summed E-state index contributed by atoms with van der Waals surface area (Å²) in [6, 6.07) is 14.6. The van der Waals surface area contributed by atoms with Crippen molar-refractivity contribution in [3.05, 3.63) is 58.6 Å². The van der Waals surface area contributed by atoms with E-state index in [1.807, 2.05) is 12.1 Å². The lowest BCUT2D eigenvalue weighted by Gasteiger charge is -2.26. The number of aryl methyl sites for hydroxylation is 1. The van der Waals surface area contributed by atoms with E-state index in [0.717, 1.165) is 22.6 Å². The van der Waals surface area contributed by atoms with Crippen molar-refractivity contribution in [2.24, 2.45) is 0 Å². The highest BCUT2D eigenvalue weighted by Crippen LogP contribution is 2.36. The van der Waals surface area contributed by atoms with E-state index in [1.165, 1.54) is 16.8 Å². The molecule has 0 aliphatic carbocycles. The van der Waals surface area contributed by atoms with E-state index in [4.69, 9.17) is 11.6 Å². The van der Waals surface area contributed by atoms with E-state index < -0.39 is 0 Å². The molecule has 3 heteroatoms. The van der Waals surface area contributed by atoms with Gasteiger partial charge in [0.25, 0.3) is 0 Å². The Kier molecular flexibility index (Phi) is 4.89. The van der Waals surface area contributed by atoms with Crippen LogP contribution in [-0.2, 0) is 5.33 Å². The molecule has 19 heavy (non-hydrogen) atoms. The monoisotopic (exact) mass is 337 g/mol. The lowest BCUT2D eigenvalue weighted by atomic mass is 10.1. The molecule has 0 heterocycles. The van der Waals surface area contributed by atoms with Gasteiger partial charge in [-0.25, -0.2) is 0 Å². The summed E-state index contributed by atoms with van der Waals surface area (Å²) in [5, 5.41) is 1.59. The fourth-order valence-electron chi connectivity index (χ4n) is 2.16. The smallest absolute Gasteiger partial charge is 0.0646 e. The number of rotatable bonds is 4. The molecule has 2 rings (SSSR count). The van der Waals surface area contributed by atoms with Crippen molar-refractivity contribution in [2.45, 2.75) is 19.2 Å². The summed E-state index contributed by atoms with van der Waals surface area (Å²) in [6.45, 7) is 5.12. The van der Waals surface area contributed by atoms with Gasteiger partial charge in [0, 0.05) is 17.6 Å². The number of benzene rings is 2. The molecule has 0 aliphatic heterocycles. The maximum Gasteiger partial charge on any atom is 0.0646 e. The molecule has 0 N–H and O–H groups in total. The zero-order chi connectivity index (χ0) is 13.8. The van der Waals surface area contributed by atoms with Crippen molar-refractivity contribution < 1.29 is 0 Å². The average molecular weight is 339 g/mol. The minimum absolute atomic E-state index is 0.791. The Labute approximate surface area is 128 Å². The zero-order valence-corrected chi connectivity index (χ0v) is 13.5. The minimum Gasteiger partial charge on any atom is -0.340 e. The van der Waals surface area contributed by atoms with Crippen molar-refractivity contribution in [3.63, 3.8) is 0 Å². The van der Waals surface area contributed by atoms with Crippen molar-refractivity contribution in [1.82, 2.24) is 0 Å². The SMILES string of the molecule is CCN(c1ccc(C)cc1)c1c(Cl)cccc1CBr. The maximum absolute atomic E-state index is 6.40. The normalized spacial score (nSPS) is 10.5. The van der Waals surface area contributed by atoms with Crippen LogP contribution in [0.1, 0.15) is 18.1 Å². The first-order chi connectivity index (χ1) is 9.17. The summed E-state index contributed by atoms with van der Waals surface area (Å²) in [6.07, 6.45) is 0. The lowest BCUT2D eigenvalue weighted by molar-refractivity contribution is 1.01. The lowest BCUT2D eigenvalue weighted by Crippen LogP contribution is -2.18. The minimum atomic E-state index is 0.791. The van der Waals surface area contributed by atoms with Crippen LogP contribution in [0.25, 0.3) is 0 Å². The van der Waals surface area contributed by atoms with Gasteiger partial charge in [-0.3, -0.25) is 0 Å². The van der Waals surface area contributed by atoms with Crippen molar-refractivity contribution in [1.29, 1.82) is 0 Å². The largest absolute Gasteiger partial charge is 0.340 e. The van der Waals surface area contributed by atoms with Crippen molar-refractivity contribution in [3.8, 4) is 0 Å². The average Bonchev–Trinajstić information content (AvgIpc) is 2.43. The first-order valence-corrected chi connectivity index (χ1v) is 7.85. The molecule has 0 radical (unpaired) electrons. The Morgan fingerprint density at radius 2 is 1.79 bits per heavy atom. The van der Waals surface area contributed by atoms with Gasteiger partial charge in [0.1, 0.15) is 0 Å². The quantitative estimate of drug-likeness (QED) is 0.646. The number of hydrogen-bond donors (Lipinski definition) is 0. The van der Waals surface area contributed by atoms with E-state index in [0.29, 0.717) is 0 Å². The molecule has 0 fully saturated rings. The summed E-state index contributed by atoms with van der Waals surface area (Å²) in [5.41, 5.74) is 4.73. The highest BCUT2D eigenvalue weighted by atomic mass is 79.9. The van der Waals surface area contributed by atoms with Gasteiger partial charge in [-0.05, 0) is 37.6 Å². The standard InChI is InChI=1S/C16H17BrClN/c1-3-19(14-9-7-12(2)8-10-14)16-13(11-17)5-4-6-15(16)18/h4-10H,3,11H2,1-2H3. The predicted molar refractivity (Wildman–Crippen MR) is 87.9 cm³/mol. The van der Waals surface area contributed by atoms with Crippen LogP contribution < -0.4 is 4.90 Å². The van der Waals surface area contributed by atoms with Gasteiger partial charge in [-0.1, -0.05) is 57.4 Å². The van der Waals surface area contributed by atoms with Gasteiger partial charge in [0.05, 0.1) is 10.7 Å². The van der Waals surface area contributed by atoms with E-state index in [2.05, 4.69) is 65.0 Å². The molecule has 0 aliphatic rings. The topological polar surface area (TPSA) is 3.24 Å². The number of nitrogens with zero attached hydrogens (tertiary/aromatic N) is 1. The molecule has 0 saturated carbocycles. The van der Waals surface area contributed by atoms with Gasteiger partial charge in [0.15, 0.2) is 0 Å². The summed E-state index contributed by atoms with van der Waals surface area (Å²) in [5.74, 6) is 0. The molecular formula is C16H17BrClN. The van der Waals surface area contributed by atoms with Crippen LogP contribution in [0.3, 0.4) is 0 Å². The summed E-state index contributed by atoms with van der Waals surface area (Å²) in [4.78, 5) is 2.25. The Morgan fingerprint density at radius 3 is 2.37 bits per heavy atom. The van der Waals surface area contributed by atoms with Crippen molar-refractivity contribution >= 4 is 38.9 Å². The predicted octanol–water partition coefficient (Wildman–Crippen LogP) is 5.70.